The number of carbonyl (C=O) groups is 1. The van der Waals surface area contributed by atoms with E-state index in [0.29, 0.717) is 16.6 Å². The quantitative estimate of drug-likeness (QED) is 0.815. The molecule has 5 heteroatoms. The summed E-state index contributed by atoms with van der Waals surface area (Å²) in [5, 5.41) is 3.02. The molecule has 90 valence electrons. The number of benzene rings is 1. The van der Waals surface area contributed by atoms with Gasteiger partial charge in [-0.25, -0.2) is 0 Å². The molecule has 1 fully saturated rings. The van der Waals surface area contributed by atoms with Gasteiger partial charge in [0.25, 0.3) is 5.91 Å². The van der Waals surface area contributed by atoms with E-state index >= 15 is 0 Å². The second kappa shape index (κ2) is 5.51. The van der Waals surface area contributed by atoms with Gasteiger partial charge in [0.1, 0.15) is 4.99 Å². The maximum atomic E-state index is 12.0. The average molecular weight is 266 g/mol. The van der Waals surface area contributed by atoms with E-state index in [9.17, 15) is 4.79 Å². The number of thioether (sulfide) groups is 1. The number of rotatable bonds is 3. The first-order chi connectivity index (χ1) is 8.16. The van der Waals surface area contributed by atoms with Gasteiger partial charge < -0.3 is 11.1 Å². The van der Waals surface area contributed by atoms with Crippen LogP contribution in [0.2, 0.25) is 0 Å². The Morgan fingerprint density at radius 2 is 2.24 bits per heavy atom. The van der Waals surface area contributed by atoms with Crippen molar-refractivity contribution in [3.05, 3.63) is 35.4 Å². The van der Waals surface area contributed by atoms with Crippen LogP contribution in [0.25, 0.3) is 0 Å². The molecule has 1 heterocycles. The Kier molecular flexibility index (Phi) is 4.02. The maximum absolute atomic E-state index is 12.0. The highest BCUT2D eigenvalue weighted by Crippen LogP contribution is 2.17. The van der Waals surface area contributed by atoms with Gasteiger partial charge in [-0.15, -0.1) is 0 Å². The Balaban J connectivity index is 2.07. The lowest BCUT2D eigenvalue weighted by Crippen LogP contribution is -2.34. The van der Waals surface area contributed by atoms with Gasteiger partial charge in [-0.1, -0.05) is 24.4 Å². The number of thiocarbonyl (C=S) groups is 1. The van der Waals surface area contributed by atoms with Crippen molar-refractivity contribution >= 4 is 34.9 Å². The van der Waals surface area contributed by atoms with Crippen molar-refractivity contribution in [1.82, 2.24) is 5.32 Å². The summed E-state index contributed by atoms with van der Waals surface area (Å²) in [6.07, 6.45) is 1.05. The molecule has 1 aliphatic heterocycles. The number of amides is 1. The Hall–Kier alpha value is -1.07. The first kappa shape index (κ1) is 12.4. The minimum atomic E-state index is -0.0457. The minimum absolute atomic E-state index is 0.0457. The van der Waals surface area contributed by atoms with E-state index < -0.39 is 0 Å². The molecule has 0 aliphatic carbocycles. The number of hydrogen-bond acceptors (Lipinski definition) is 3. The number of nitrogens with one attached hydrogen (secondary N) is 1. The van der Waals surface area contributed by atoms with Crippen LogP contribution in [0.15, 0.2) is 24.3 Å². The summed E-state index contributed by atoms with van der Waals surface area (Å²) in [6, 6.07) is 7.41. The van der Waals surface area contributed by atoms with E-state index in [2.05, 4.69) is 5.32 Å². The van der Waals surface area contributed by atoms with E-state index in [-0.39, 0.29) is 5.91 Å². The zero-order valence-electron chi connectivity index (χ0n) is 9.31. The zero-order chi connectivity index (χ0) is 12.3. The SMILES string of the molecule is NC(=S)c1cccc(C(=O)NC2CCSC2)c1. The lowest BCUT2D eigenvalue weighted by Gasteiger charge is -2.11. The molecule has 1 saturated heterocycles. The van der Waals surface area contributed by atoms with Crippen molar-refractivity contribution in [2.45, 2.75) is 12.5 Å². The molecule has 1 aromatic carbocycles. The summed E-state index contributed by atoms with van der Waals surface area (Å²) >= 11 is 6.77. The van der Waals surface area contributed by atoms with E-state index in [1.807, 2.05) is 17.8 Å². The minimum Gasteiger partial charge on any atom is -0.389 e. The summed E-state index contributed by atoms with van der Waals surface area (Å²) in [4.78, 5) is 12.3. The highest BCUT2D eigenvalue weighted by Gasteiger charge is 2.18. The molecule has 1 amide bonds. The van der Waals surface area contributed by atoms with Crippen LogP contribution >= 0.6 is 24.0 Å². The van der Waals surface area contributed by atoms with Crippen LogP contribution in [0.4, 0.5) is 0 Å². The topological polar surface area (TPSA) is 55.1 Å². The number of carbonyl (C=O) groups excluding carboxylic acids is 1. The van der Waals surface area contributed by atoms with E-state index in [1.165, 1.54) is 0 Å². The van der Waals surface area contributed by atoms with Crippen LogP contribution in [0.5, 0.6) is 0 Å². The van der Waals surface area contributed by atoms with Gasteiger partial charge in [-0.05, 0) is 24.3 Å². The summed E-state index contributed by atoms with van der Waals surface area (Å²) in [6.45, 7) is 0. The van der Waals surface area contributed by atoms with Gasteiger partial charge in [0.2, 0.25) is 0 Å². The van der Waals surface area contributed by atoms with E-state index in [1.54, 1.807) is 18.2 Å². The van der Waals surface area contributed by atoms with E-state index in [4.69, 9.17) is 18.0 Å². The standard InChI is InChI=1S/C12H14N2OS2/c13-11(16)8-2-1-3-9(6-8)12(15)14-10-4-5-17-7-10/h1-3,6,10H,4-5,7H2,(H2,13,16)(H,14,15). The Bertz CT molecular complexity index is 442. The summed E-state index contributed by atoms with van der Waals surface area (Å²) < 4.78 is 0. The van der Waals surface area contributed by atoms with Crippen LogP contribution in [-0.4, -0.2) is 28.4 Å². The Labute approximate surface area is 110 Å². The fraction of sp³-hybridized carbons (Fsp3) is 0.333. The van der Waals surface area contributed by atoms with Gasteiger partial charge in [0, 0.05) is 22.9 Å². The fourth-order valence-corrected chi connectivity index (χ4v) is 3.01. The van der Waals surface area contributed by atoms with Crippen molar-refractivity contribution in [3.8, 4) is 0 Å². The lowest BCUT2D eigenvalue weighted by molar-refractivity contribution is 0.0941. The van der Waals surface area contributed by atoms with Crippen LogP contribution in [0.1, 0.15) is 22.3 Å². The molecule has 3 nitrogen and oxygen atoms in total. The van der Waals surface area contributed by atoms with Gasteiger partial charge in [0.15, 0.2) is 0 Å². The van der Waals surface area contributed by atoms with Gasteiger partial charge in [-0.3, -0.25) is 4.79 Å². The smallest absolute Gasteiger partial charge is 0.251 e. The van der Waals surface area contributed by atoms with Crippen LogP contribution in [-0.2, 0) is 0 Å². The van der Waals surface area contributed by atoms with Gasteiger partial charge in [-0.2, -0.15) is 11.8 Å². The number of hydrogen-bond donors (Lipinski definition) is 2. The molecule has 1 aliphatic rings. The molecular formula is C12H14N2OS2. The number of nitrogens with two attached hydrogens (primary N) is 1. The largest absolute Gasteiger partial charge is 0.389 e. The molecule has 0 spiro atoms. The van der Waals surface area contributed by atoms with Crippen LogP contribution < -0.4 is 11.1 Å². The normalized spacial score (nSPS) is 18.9. The second-order valence-corrected chi connectivity index (χ2v) is 5.57. The second-order valence-electron chi connectivity index (χ2n) is 3.98. The zero-order valence-corrected chi connectivity index (χ0v) is 10.9. The predicted octanol–water partition coefficient (Wildman–Crippen LogP) is 1.56. The first-order valence-electron chi connectivity index (χ1n) is 5.45. The predicted molar refractivity (Wildman–Crippen MR) is 75.5 cm³/mol. The average Bonchev–Trinajstić information content (AvgIpc) is 2.82. The highest BCUT2D eigenvalue weighted by atomic mass is 32.2. The first-order valence-corrected chi connectivity index (χ1v) is 7.01. The molecule has 3 N–H and O–H groups in total. The van der Waals surface area contributed by atoms with Gasteiger partial charge >= 0.3 is 0 Å². The Morgan fingerprint density at radius 1 is 1.47 bits per heavy atom. The fourth-order valence-electron chi connectivity index (χ4n) is 1.73. The molecule has 1 unspecified atom stereocenters. The molecule has 1 atom stereocenters. The third-order valence-corrected chi connectivity index (χ3v) is 4.07. The van der Waals surface area contributed by atoms with Gasteiger partial charge in [0.05, 0.1) is 0 Å². The maximum Gasteiger partial charge on any atom is 0.251 e. The van der Waals surface area contributed by atoms with Crippen LogP contribution in [0, 0.1) is 0 Å². The highest BCUT2D eigenvalue weighted by molar-refractivity contribution is 7.99. The molecule has 17 heavy (non-hydrogen) atoms. The summed E-state index contributed by atoms with van der Waals surface area (Å²) in [5.41, 5.74) is 6.89. The summed E-state index contributed by atoms with van der Waals surface area (Å²) in [5.74, 6) is 2.08. The monoisotopic (exact) mass is 266 g/mol. The van der Waals surface area contributed by atoms with Crippen LogP contribution in [0.3, 0.4) is 0 Å². The molecular weight excluding hydrogens is 252 g/mol. The third kappa shape index (κ3) is 3.20. The van der Waals surface area contributed by atoms with Crippen molar-refractivity contribution in [2.75, 3.05) is 11.5 Å². The molecule has 0 aromatic heterocycles. The molecule has 1 aromatic rings. The Morgan fingerprint density at radius 3 is 2.88 bits per heavy atom. The van der Waals surface area contributed by atoms with Crippen molar-refractivity contribution in [1.29, 1.82) is 0 Å². The molecule has 0 radical (unpaired) electrons. The van der Waals surface area contributed by atoms with Crippen molar-refractivity contribution in [2.24, 2.45) is 5.73 Å². The third-order valence-electron chi connectivity index (χ3n) is 2.67. The molecule has 0 saturated carbocycles. The molecule has 2 rings (SSSR count). The summed E-state index contributed by atoms with van der Waals surface area (Å²) in [7, 11) is 0. The molecule has 0 bridgehead atoms. The van der Waals surface area contributed by atoms with E-state index in [0.717, 1.165) is 23.5 Å². The lowest BCUT2D eigenvalue weighted by atomic mass is 10.1. The van der Waals surface area contributed by atoms with Crippen molar-refractivity contribution in [3.63, 3.8) is 0 Å². The van der Waals surface area contributed by atoms with Crippen molar-refractivity contribution < 1.29 is 4.79 Å².